The first-order valence-corrected chi connectivity index (χ1v) is 7.50. The quantitative estimate of drug-likeness (QED) is 0.630. The molecule has 3 nitrogen and oxygen atoms in total. The number of alkyl halides is 1. The zero-order chi connectivity index (χ0) is 15.1. The van der Waals surface area contributed by atoms with Crippen LogP contribution in [0.2, 0.25) is 0 Å². The molecule has 114 valence electrons. The van der Waals surface area contributed by atoms with Crippen molar-refractivity contribution in [1.29, 1.82) is 0 Å². The second-order valence-corrected chi connectivity index (χ2v) is 5.33. The number of halogens is 2. The highest BCUT2D eigenvalue weighted by atomic mass is 35.5. The van der Waals surface area contributed by atoms with Gasteiger partial charge in [-0.2, -0.15) is 0 Å². The Morgan fingerprint density at radius 3 is 3.14 bits per heavy atom. The van der Waals surface area contributed by atoms with E-state index < -0.39 is 0 Å². The lowest BCUT2D eigenvalue weighted by molar-refractivity contribution is -0.0408. The number of morpholine rings is 1. The van der Waals surface area contributed by atoms with Crippen LogP contribution in [0.15, 0.2) is 18.2 Å². The summed E-state index contributed by atoms with van der Waals surface area (Å²) in [7, 11) is 2.03. The van der Waals surface area contributed by atoms with Gasteiger partial charge in [-0.3, -0.25) is 0 Å². The predicted molar refractivity (Wildman–Crippen MR) is 81.3 cm³/mol. The molecule has 0 spiro atoms. The molecule has 5 heteroatoms. The van der Waals surface area contributed by atoms with Crippen molar-refractivity contribution < 1.29 is 13.9 Å². The minimum absolute atomic E-state index is 0.0332. The van der Waals surface area contributed by atoms with Gasteiger partial charge in [-0.15, -0.1) is 11.6 Å². The number of likely N-dealkylation sites (N-methyl/N-ethyl adjacent to an activating group) is 1. The highest BCUT2D eigenvalue weighted by Gasteiger charge is 2.18. The maximum atomic E-state index is 13.7. The molecule has 0 bridgehead atoms. The molecule has 0 radical (unpaired) electrons. The van der Waals surface area contributed by atoms with Crippen molar-refractivity contribution in [3.05, 3.63) is 29.6 Å². The Bertz CT molecular complexity index is 527. The first kappa shape index (κ1) is 16.1. The van der Waals surface area contributed by atoms with E-state index in [0.717, 1.165) is 18.7 Å². The van der Waals surface area contributed by atoms with E-state index >= 15 is 0 Å². The fraction of sp³-hybridized carbons (Fsp3) is 0.500. The summed E-state index contributed by atoms with van der Waals surface area (Å²) in [6.45, 7) is 2.71. The lowest BCUT2D eigenvalue weighted by atomic mass is 10.2. The number of benzene rings is 1. The van der Waals surface area contributed by atoms with Gasteiger partial charge in [0.05, 0.1) is 6.61 Å². The molecule has 0 aromatic heterocycles. The molecule has 21 heavy (non-hydrogen) atoms. The summed E-state index contributed by atoms with van der Waals surface area (Å²) in [5, 5.41) is 0. The van der Waals surface area contributed by atoms with Crippen LogP contribution in [0.3, 0.4) is 0 Å². The molecule has 1 unspecified atom stereocenters. The van der Waals surface area contributed by atoms with Crippen LogP contribution in [0, 0.1) is 17.7 Å². The van der Waals surface area contributed by atoms with Crippen LogP contribution in [0.1, 0.15) is 12.0 Å². The van der Waals surface area contributed by atoms with Gasteiger partial charge in [-0.05, 0) is 25.2 Å². The third-order valence-corrected chi connectivity index (χ3v) is 3.34. The van der Waals surface area contributed by atoms with Crippen LogP contribution >= 0.6 is 11.6 Å². The minimum Gasteiger partial charge on any atom is -0.488 e. The van der Waals surface area contributed by atoms with E-state index in [-0.39, 0.29) is 17.7 Å². The molecule has 0 amide bonds. The van der Waals surface area contributed by atoms with E-state index in [1.54, 1.807) is 12.1 Å². The van der Waals surface area contributed by atoms with Crippen LogP contribution < -0.4 is 4.74 Å². The predicted octanol–water partition coefficient (Wildman–Crippen LogP) is 2.52. The molecule has 1 aromatic rings. The zero-order valence-electron chi connectivity index (χ0n) is 12.1. The van der Waals surface area contributed by atoms with E-state index in [2.05, 4.69) is 16.7 Å². The second-order valence-electron chi connectivity index (χ2n) is 4.95. The van der Waals surface area contributed by atoms with Crippen molar-refractivity contribution in [3.63, 3.8) is 0 Å². The minimum atomic E-state index is -0.387. The fourth-order valence-corrected chi connectivity index (χ4v) is 2.15. The summed E-state index contributed by atoms with van der Waals surface area (Å²) < 4.78 is 24.9. The highest BCUT2D eigenvalue weighted by molar-refractivity contribution is 6.18. The normalized spacial score (nSPS) is 18.9. The van der Waals surface area contributed by atoms with Crippen molar-refractivity contribution in [2.24, 2.45) is 0 Å². The Morgan fingerprint density at radius 2 is 2.38 bits per heavy atom. The van der Waals surface area contributed by atoms with E-state index in [0.29, 0.717) is 25.5 Å². The average Bonchev–Trinajstić information content (AvgIpc) is 2.48. The third kappa shape index (κ3) is 5.20. The van der Waals surface area contributed by atoms with E-state index in [1.807, 2.05) is 7.05 Å². The van der Waals surface area contributed by atoms with Gasteiger partial charge in [-0.1, -0.05) is 11.8 Å². The molecule has 1 heterocycles. The lowest BCUT2D eigenvalue weighted by Crippen LogP contribution is -2.42. The molecule has 0 saturated carbocycles. The number of hydrogen-bond donors (Lipinski definition) is 0. The maximum absolute atomic E-state index is 13.7. The first-order chi connectivity index (χ1) is 10.2. The van der Waals surface area contributed by atoms with Crippen LogP contribution in [0.25, 0.3) is 0 Å². The number of ether oxygens (including phenoxy) is 2. The Hall–Kier alpha value is -1.28. The van der Waals surface area contributed by atoms with E-state index in [1.165, 1.54) is 6.07 Å². The Labute approximate surface area is 130 Å². The monoisotopic (exact) mass is 311 g/mol. The summed E-state index contributed by atoms with van der Waals surface area (Å²) >= 11 is 5.57. The number of hydrogen-bond acceptors (Lipinski definition) is 3. The van der Waals surface area contributed by atoms with Crippen molar-refractivity contribution >= 4 is 11.6 Å². The van der Waals surface area contributed by atoms with Crippen molar-refractivity contribution in [2.45, 2.75) is 12.5 Å². The number of rotatable bonds is 4. The highest BCUT2D eigenvalue weighted by Crippen LogP contribution is 2.19. The molecule has 2 rings (SSSR count). The van der Waals surface area contributed by atoms with Gasteiger partial charge in [0, 0.05) is 31.0 Å². The van der Waals surface area contributed by atoms with E-state index in [4.69, 9.17) is 21.1 Å². The van der Waals surface area contributed by atoms with Crippen LogP contribution in [-0.4, -0.2) is 50.2 Å². The SMILES string of the molecule is CN1CCOC(COc2cc(C#CCCCl)ccc2F)C1. The Morgan fingerprint density at radius 1 is 1.52 bits per heavy atom. The fourth-order valence-electron chi connectivity index (χ4n) is 2.05. The van der Waals surface area contributed by atoms with E-state index in [9.17, 15) is 4.39 Å². The van der Waals surface area contributed by atoms with Crippen molar-refractivity contribution in [2.75, 3.05) is 39.2 Å². The molecular formula is C16H19ClFNO2. The molecule has 0 aliphatic carbocycles. The van der Waals surface area contributed by atoms with Crippen molar-refractivity contribution in [3.8, 4) is 17.6 Å². The average molecular weight is 312 g/mol. The summed E-state index contributed by atoms with van der Waals surface area (Å²) in [6.07, 6.45) is 0.575. The van der Waals surface area contributed by atoms with Gasteiger partial charge >= 0.3 is 0 Å². The summed E-state index contributed by atoms with van der Waals surface area (Å²) in [5.41, 5.74) is 0.721. The molecule has 1 saturated heterocycles. The lowest BCUT2D eigenvalue weighted by Gasteiger charge is -2.29. The number of nitrogens with zero attached hydrogens (tertiary/aromatic N) is 1. The maximum Gasteiger partial charge on any atom is 0.165 e. The summed E-state index contributed by atoms with van der Waals surface area (Å²) in [4.78, 5) is 2.17. The Kier molecular flexibility index (Phi) is 6.31. The molecule has 1 aromatic carbocycles. The van der Waals surface area contributed by atoms with Gasteiger partial charge in [-0.25, -0.2) is 4.39 Å². The summed E-state index contributed by atoms with van der Waals surface area (Å²) in [6, 6.07) is 4.62. The summed E-state index contributed by atoms with van der Waals surface area (Å²) in [5.74, 6) is 6.17. The molecule has 1 fully saturated rings. The molecule has 1 aliphatic heterocycles. The van der Waals surface area contributed by atoms with Crippen LogP contribution in [0.4, 0.5) is 4.39 Å². The van der Waals surface area contributed by atoms with Gasteiger partial charge in [0.1, 0.15) is 12.7 Å². The third-order valence-electron chi connectivity index (χ3n) is 3.15. The smallest absolute Gasteiger partial charge is 0.165 e. The topological polar surface area (TPSA) is 21.7 Å². The van der Waals surface area contributed by atoms with Crippen LogP contribution in [-0.2, 0) is 4.74 Å². The van der Waals surface area contributed by atoms with Gasteiger partial charge in [0.2, 0.25) is 0 Å². The molecule has 1 aliphatic rings. The first-order valence-electron chi connectivity index (χ1n) is 6.96. The molecule has 0 N–H and O–H groups in total. The van der Waals surface area contributed by atoms with Crippen LogP contribution in [0.5, 0.6) is 5.75 Å². The van der Waals surface area contributed by atoms with Gasteiger partial charge in [0.25, 0.3) is 0 Å². The van der Waals surface area contributed by atoms with Gasteiger partial charge in [0.15, 0.2) is 11.6 Å². The standard InChI is InChI=1S/C16H19ClFNO2/c1-19-8-9-20-14(11-19)12-21-16-10-13(4-2-3-7-17)5-6-15(16)18/h5-6,10,14H,3,7-9,11-12H2,1H3. The Balaban J connectivity index is 1.95. The molecular weight excluding hydrogens is 293 g/mol. The van der Waals surface area contributed by atoms with Gasteiger partial charge < -0.3 is 14.4 Å². The van der Waals surface area contributed by atoms with Crippen molar-refractivity contribution in [1.82, 2.24) is 4.90 Å². The second kappa shape index (κ2) is 8.23. The largest absolute Gasteiger partial charge is 0.488 e. The molecule has 1 atom stereocenters. The zero-order valence-corrected chi connectivity index (χ0v) is 12.8.